The Bertz CT molecular complexity index is 1200. The van der Waals surface area contributed by atoms with E-state index in [-0.39, 0.29) is 29.7 Å². The van der Waals surface area contributed by atoms with Crippen molar-refractivity contribution >= 4 is 46.8 Å². The summed E-state index contributed by atoms with van der Waals surface area (Å²) in [6.07, 6.45) is 2.81. The van der Waals surface area contributed by atoms with Crippen LogP contribution in [0.4, 0.5) is 0 Å². The lowest BCUT2D eigenvalue weighted by Gasteiger charge is -2.50. The number of carbonyl (C=O) groups excluding carboxylic acids is 4. The Morgan fingerprint density at radius 2 is 1.83 bits per heavy atom. The fourth-order valence-electron chi connectivity index (χ4n) is 6.50. The van der Waals surface area contributed by atoms with Gasteiger partial charge in [0, 0.05) is 19.5 Å². The van der Waals surface area contributed by atoms with Crippen molar-refractivity contribution in [3.8, 4) is 11.5 Å². The molecule has 6 atom stereocenters. The number of methoxy groups -OCH3 is 1. The minimum absolute atomic E-state index is 0.0370. The maximum atomic E-state index is 13.5. The van der Waals surface area contributed by atoms with Gasteiger partial charge in [0.2, 0.25) is 11.8 Å². The number of halogens is 2. The summed E-state index contributed by atoms with van der Waals surface area (Å²) in [7, 11) is 2.75. The molecule has 0 aromatic heterocycles. The van der Waals surface area contributed by atoms with E-state index in [1.54, 1.807) is 12.1 Å². The van der Waals surface area contributed by atoms with E-state index in [0.29, 0.717) is 30.5 Å². The summed E-state index contributed by atoms with van der Waals surface area (Å²) in [5.41, 5.74) is 1.23. The lowest BCUT2D eigenvalue weighted by molar-refractivity contribution is -0.141. The van der Waals surface area contributed by atoms with E-state index in [4.69, 9.17) is 27.9 Å². The average Bonchev–Trinajstić information content (AvgIpc) is 3.15. The summed E-state index contributed by atoms with van der Waals surface area (Å²) in [4.78, 5) is 52.0. The first kappa shape index (κ1) is 24.1. The van der Waals surface area contributed by atoms with Gasteiger partial charge in [0.15, 0.2) is 21.2 Å². The number of nitrogens with zero attached hydrogens (tertiary/aromatic N) is 2. The Morgan fingerprint density at radius 1 is 1.11 bits per heavy atom. The summed E-state index contributed by atoms with van der Waals surface area (Å²) < 4.78 is 5.28. The minimum Gasteiger partial charge on any atom is -0.504 e. The Hall–Kier alpha value is -2.58. The maximum absolute atomic E-state index is 13.5. The summed E-state index contributed by atoms with van der Waals surface area (Å²) >= 11 is 14.2. The molecule has 2 saturated heterocycles. The van der Waals surface area contributed by atoms with Gasteiger partial charge in [-0.15, -0.1) is 23.2 Å². The second-order valence-corrected chi connectivity index (χ2v) is 11.0. The third-order valence-corrected chi connectivity index (χ3v) is 9.50. The van der Waals surface area contributed by atoms with Crippen molar-refractivity contribution in [2.45, 2.75) is 41.9 Å². The van der Waals surface area contributed by atoms with Crippen LogP contribution in [-0.2, 0) is 19.2 Å². The number of ether oxygens (including phenoxy) is 1. The number of alkyl halides is 2. The van der Waals surface area contributed by atoms with Gasteiger partial charge in [0.25, 0.3) is 11.8 Å². The largest absolute Gasteiger partial charge is 0.504 e. The van der Waals surface area contributed by atoms with Gasteiger partial charge in [-0.1, -0.05) is 24.6 Å². The van der Waals surface area contributed by atoms with Crippen molar-refractivity contribution in [2.24, 2.45) is 17.8 Å². The molecule has 5 rings (SSSR count). The highest BCUT2D eigenvalue weighted by Gasteiger charge is 2.75. The molecule has 186 valence electrons. The zero-order valence-corrected chi connectivity index (χ0v) is 21.1. The molecule has 2 aliphatic carbocycles. The Balaban J connectivity index is 1.72. The predicted molar refractivity (Wildman–Crippen MR) is 127 cm³/mol. The molecular formula is C25H26Cl2N2O6. The second kappa shape index (κ2) is 7.96. The van der Waals surface area contributed by atoms with Crippen LogP contribution in [0.25, 0.3) is 0 Å². The first-order valence-corrected chi connectivity index (χ1v) is 12.4. The van der Waals surface area contributed by atoms with E-state index >= 15 is 0 Å². The fourth-order valence-corrected chi connectivity index (χ4v) is 7.52. The number of benzene rings is 1. The van der Waals surface area contributed by atoms with Crippen LogP contribution in [0.2, 0.25) is 0 Å². The highest BCUT2D eigenvalue weighted by molar-refractivity contribution is 6.53. The molecule has 1 aromatic carbocycles. The summed E-state index contributed by atoms with van der Waals surface area (Å²) in [6, 6.07) is 4.61. The van der Waals surface area contributed by atoms with Gasteiger partial charge in [0.1, 0.15) is 0 Å². The zero-order valence-electron chi connectivity index (χ0n) is 19.6. The van der Waals surface area contributed by atoms with E-state index in [0.717, 1.165) is 4.90 Å². The van der Waals surface area contributed by atoms with Gasteiger partial charge in [-0.25, -0.2) is 0 Å². The smallest absolute Gasteiger partial charge is 0.253 e. The molecule has 10 heteroatoms. The van der Waals surface area contributed by atoms with Crippen molar-refractivity contribution in [1.29, 1.82) is 0 Å². The molecule has 0 unspecified atom stereocenters. The predicted octanol–water partition coefficient (Wildman–Crippen LogP) is 2.80. The Kier molecular flexibility index (Phi) is 5.49. The Morgan fingerprint density at radius 3 is 2.49 bits per heavy atom. The van der Waals surface area contributed by atoms with Gasteiger partial charge in [-0.2, -0.15) is 0 Å². The number of hydrogen-bond donors (Lipinski definition) is 1. The molecule has 3 fully saturated rings. The first-order chi connectivity index (χ1) is 16.5. The van der Waals surface area contributed by atoms with Gasteiger partial charge in [-0.3, -0.25) is 29.0 Å². The topological polar surface area (TPSA) is 104 Å². The summed E-state index contributed by atoms with van der Waals surface area (Å²) in [5.74, 6) is -4.30. The quantitative estimate of drug-likeness (QED) is 0.371. The Labute approximate surface area is 212 Å². The number of fused-ring (bicyclic) bond motifs is 4. The standard InChI is InChI=1S/C25H26Cl2N2O6/c1-4-9-29-20(31)14-7-6-13-15(18(14)21(29)32)11-24(26)22(33)28(2)23(34)25(24,27)19(13)12-5-8-16(30)17(10-12)35-3/h5-6,8,10,14-15,18-19,30H,4,7,9,11H2,1-3H3/t14-,15+,18-,19-,24+,25-/m0/s1. The van der Waals surface area contributed by atoms with Crippen molar-refractivity contribution in [3.05, 3.63) is 35.4 Å². The monoisotopic (exact) mass is 520 g/mol. The second-order valence-electron chi connectivity index (χ2n) is 9.76. The molecule has 1 N–H and O–H groups in total. The normalized spacial score (nSPS) is 36.2. The van der Waals surface area contributed by atoms with Gasteiger partial charge in [0.05, 0.1) is 18.9 Å². The van der Waals surface area contributed by atoms with Crippen molar-refractivity contribution < 1.29 is 29.0 Å². The summed E-state index contributed by atoms with van der Waals surface area (Å²) in [5, 5.41) is 10.2. The van der Waals surface area contributed by atoms with Crippen molar-refractivity contribution in [2.75, 3.05) is 20.7 Å². The number of imide groups is 2. The molecule has 35 heavy (non-hydrogen) atoms. The van der Waals surface area contributed by atoms with Gasteiger partial charge in [-0.05, 0) is 42.9 Å². The SMILES string of the molecule is CCCN1C(=O)[C@H]2[C@H](CC=C3[C@H]2C[C@@]2(Cl)C(=O)N(C)C(=O)[C@@]2(Cl)[C@H]3c2ccc(O)c(OC)c2)C1=O. The molecule has 0 radical (unpaired) electrons. The van der Waals surface area contributed by atoms with Crippen molar-refractivity contribution in [3.63, 3.8) is 0 Å². The van der Waals surface area contributed by atoms with Crippen LogP contribution < -0.4 is 4.74 Å². The third kappa shape index (κ3) is 2.93. The number of aromatic hydroxyl groups is 1. The van der Waals surface area contributed by atoms with Gasteiger partial charge >= 0.3 is 0 Å². The molecule has 4 aliphatic rings. The number of phenolic OH excluding ortho intramolecular Hbond substituents is 1. The molecule has 2 aliphatic heterocycles. The molecule has 4 amide bonds. The molecule has 1 saturated carbocycles. The fraction of sp³-hybridized carbons (Fsp3) is 0.520. The van der Waals surface area contributed by atoms with E-state index in [1.807, 2.05) is 13.0 Å². The average molecular weight is 521 g/mol. The minimum atomic E-state index is -1.85. The number of carbonyl (C=O) groups is 4. The van der Waals surface area contributed by atoms with Crippen LogP contribution >= 0.6 is 23.2 Å². The molecule has 8 nitrogen and oxygen atoms in total. The molecule has 0 spiro atoms. The highest BCUT2D eigenvalue weighted by atomic mass is 35.5. The number of hydrogen-bond acceptors (Lipinski definition) is 6. The van der Waals surface area contributed by atoms with E-state index in [2.05, 4.69) is 0 Å². The number of likely N-dealkylation sites (tertiary alicyclic amines) is 2. The van der Waals surface area contributed by atoms with Crippen LogP contribution in [0, 0.1) is 17.8 Å². The molecular weight excluding hydrogens is 495 g/mol. The highest BCUT2D eigenvalue weighted by Crippen LogP contribution is 2.65. The number of phenols is 1. The lowest BCUT2D eigenvalue weighted by Crippen LogP contribution is -2.60. The van der Waals surface area contributed by atoms with E-state index in [1.165, 1.54) is 25.1 Å². The third-order valence-electron chi connectivity index (χ3n) is 8.09. The number of amides is 4. The van der Waals surface area contributed by atoms with Crippen LogP contribution in [0.1, 0.15) is 37.7 Å². The van der Waals surface area contributed by atoms with Crippen LogP contribution in [0.5, 0.6) is 11.5 Å². The number of rotatable bonds is 4. The zero-order chi connectivity index (χ0) is 25.4. The van der Waals surface area contributed by atoms with Gasteiger partial charge < -0.3 is 9.84 Å². The lowest BCUT2D eigenvalue weighted by atomic mass is 9.56. The van der Waals surface area contributed by atoms with Crippen LogP contribution in [0.15, 0.2) is 29.8 Å². The molecule has 2 heterocycles. The summed E-state index contributed by atoms with van der Waals surface area (Å²) in [6.45, 7) is 2.23. The maximum Gasteiger partial charge on any atom is 0.253 e. The molecule has 0 bridgehead atoms. The number of allylic oxidation sites excluding steroid dienone is 2. The van der Waals surface area contributed by atoms with E-state index < -0.39 is 45.2 Å². The first-order valence-electron chi connectivity index (χ1n) is 11.6. The van der Waals surface area contributed by atoms with Crippen molar-refractivity contribution in [1.82, 2.24) is 9.80 Å². The van der Waals surface area contributed by atoms with E-state index in [9.17, 15) is 24.3 Å². The van der Waals surface area contributed by atoms with Crippen LogP contribution in [0.3, 0.4) is 0 Å². The van der Waals surface area contributed by atoms with Crippen LogP contribution in [-0.4, -0.2) is 69.0 Å². The molecule has 1 aromatic rings.